The molecule has 8 nitrogen and oxygen atoms in total. The van der Waals surface area contributed by atoms with Crippen molar-refractivity contribution < 1.29 is 23.1 Å². The smallest absolute Gasteiger partial charge is 0.302 e. The van der Waals surface area contributed by atoms with Crippen molar-refractivity contribution >= 4 is 39.0 Å². The van der Waals surface area contributed by atoms with Crippen molar-refractivity contribution in [1.29, 1.82) is 0 Å². The SMILES string of the molecule is COc1ccc(-c2cc(-c3cccc(F)c3)c3c(N)c(C(=O)Nc4c[n+](C(C)C)no4)sc3n2)cc1. The Morgan fingerprint density at radius 2 is 1.94 bits per heavy atom. The van der Waals surface area contributed by atoms with E-state index in [9.17, 15) is 9.18 Å². The number of rotatable bonds is 6. The molecular weight excluding hydrogens is 481 g/mol. The maximum absolute atomic E-state index is 14.2. The van der Waals surface area contributed by atoms with Crippen molar-refractivity contribution in [3.8, 4) is 28.1 Å². The van der Waals surface area contributed by atoms with Gasteiger partial charge in [-0.1, -0.05) is 12.1 Å². The predicted molar refractivity (Wildman–Crippen MR) is 136 cm³/mol. The number of thiophene rings is 1. The molecule has 0 aliphatic heterocycles. The van der Waals surface area contributed by atoms with E-state index in [-0.39, 0.29) is 28.3 Å². The standard InChI is InChI=1S/C26H22FN5O3S/c1-14(2)32-13-21(35-31-32)30-25(33)24-23(28)22-19(16-5-4-6-17(27)11-16)12-20(29-26(22)36-24)15-7-9-18(34-3)10-8-15/h4-14H,1-3H3,(H2-,28,30,31,33)/p+1. The van der Waals surface area contributed by atoms with Gasteiger partial charge < -0.3 is 10.5 Å². The second kappa shape index (κ2) is 9.38. The van der Waals surface area contributed by atoms with Crippen molar-refractivity contribution in [2.75, 3.05) is 18.2 Å². The Morgan fingerprint density at radius 1 is 1.17 bits per heavy atom. The summed E-state index contributed by atoms with van der Waals surface area (Å²) < 4.78 is 26.2. The van der Waals surface area contributed by atoms with Crippen LogP contribution < -0.4 is 20.5 Å². The first-order valence-electron chi connectivity index (χ1n) is 11.2. The van der Waals surface area contributed by atoms with Crippen LogP contribution in [0.3, 0.4) is 0 Å². The molecule has 2 aromatic carbocycles. The number of amides is 1. The van der Waals surface area contributed by atoms with Crippen molar-refractivity contribution in [2.24, 2.45) is 0 Å². The van der Waals surface area contributed by atoms with Crippen molar-refractivity contribution in [2.45, 2.75) is 19.9 Å². The van der Waals surface area contributed by atoms with Gasteiger partial charge >= 0.3 is 5.88 Å². The van der Waals surface area contributed by atoms with Gasteiger partial charge in [-0.3, -0.25) is 14.6 Å². The third-order valence-electron chi connectivity index (χ3n) is 5.68. The number of nitrogens with zero attached hydrogens (tertiary/aromatic N) is 3. The van der Waals surface area contributed by atoms with Crippen molar-refractivity contribution in [3.05, 3.63) is 71.5 Å². The molecule has 0 aliphatic rings. The van der Waals surface area contributed by atoms with E-state index in [0.717, 1.165) is 22.6 Å². The van der Waals surface area contributed by atoms with E-state index in [1.165, 1.54) is 12.1 Å². The normalized spacial score (nSPS) is 11.2. The number of ether oxygens (including phenoxy) is 1. The van der Waals surface area contributed by atoms with Gasteiger partial charge in [-0.15, -0.1) is 11.3 Å². The number of hydrogen-bond donors (Lipinski definition) is 2. The molecular formula is C26H23FN5O3S+. The number of pyridine rings is 1. The van der Waals surface area contributed by atoms with E-state index >= 15 is 0 Å². The highest BCUT2D eigenvalue weighted by molar-refractivity contribution is 7.21. The third-order valence-corrected chi connectivity index (χ3v) is 6.77. The van der Waals surface area contributed by atoms with Crippen LogP contribution in [0.1, 0.15) is 29.6 Å². The maximum atomic E-state index is 14.2. The van der Waals surface area contributed by atoms with Crippen molar-refractivity contribution in [3.63, 3.8) is 0 Å². The number of anilines is 2. The molecule has 3 N–H and O–H groups in total. The summed E-state index contributed by atoms with van der Waals surface area (Å²) in [6, 6.07) is 15.6. The summed E-state index contributed by atoms with van der Waals surface area (Å²) in [7, 11) is 1.60. The molecule has 5 aromatic rings. The summed E-state index contributed by atoms with van der Waals surface area (Å²) in [5.41, 5.74) is 9.56. The number of nitrogen functional groups attached to an aromatic ring is 1. The van der Waals surface area contributed by atoms with Crippen LogP contribution in [0.5, 0.6) is 5.75 Å². The highest BCUT2D eigenvalue weighted by Gasteiger charge is 2.24. The fourth-order valence-electron chi connectivity index (χ4n) is 3.81. The van der Waals surface area contributed by atoms with E-state index in [1.807, 2.05) is 44.2 Å². The number of aromatic nitrogens is 3. The van der Waals surface area contributed by atoms with Gasteiger partial charge in [0.2, 0.25) is 5.27 Å². The summed E-state index contributed by atoms with van der Waals surface area (Å²) >= 11 is 1.16. The lowest BCUT2D eigenvalue weighted by molar-refractivity contribution is -0.779. The Kier molecular flexibility index (Phi) is 6.11. The van der Waals surface area contributed by atoms with E-state index in [0.29, 0.717) is 27.0 Å². The number of carbonyl (C=O) groups is 1. The zero-order valence-corrected chi connectivity index (χ0v) is 20.6. The van der Waals surface area contributed by atoms with Crippen LogP contribution in [0.25, 0.3) is 32.6 Å². The number of halogens is 1. The molecule has 3 heterocycles. The number of carbonyl (C=O) groups excluding carboxylic acids is 1. The number of methoxy groups -OCH3 is 1. The maximum Gasteiger partial charge on any atom is 0.302 e. The van der Waals surface area contributed by atoms with E-state index in [1.54, 1.807) is 30.1 Å². The highest BCUT2D eigenvalue weighted by atomic mass is 32.1. The van der Waals surface area contributed by atoms with Crippen LogP contribution in [0, 0.1) is 5.82 Å². The number of fused-ring (bicyclic) bond motifs is 1. The molecule has 3 aromatic heterocycles. The number of hydrogen-bond acceptors (Lipinski definition) is 7. The Labute approximate surface area is 210 Å². The first-order valence-corrected chi connectivity index (χ1v) is 12.0. The number of benzene rings is 2. The van der Waals surface area contributed by atoms with Crippen LogP contribution in [0.2, 0.25) is 0 Å². The summed E-state index contributed by atoms with van der Waals surface area (Å²) in [5, 5.41) is 7.18. The molecule has 10 heteroatoms. The second-order valence-corrected chi connectivity index (χ2v) is 9.41. The molecule has 36 heavy (non-hydrogen) atoms. The van der Waals surface area contributed by atoms with Gasteiger partial charge in [0.1, 0.15) is 21.3 Å². The van der Waals surface area contributed by atoms with Gasteiger partial charge in [0.05, 0.1) is 18.5 Å². The fourth-order valence-corrected chi connectivity index (χ4v) is 4.82. The third kappa shape index (κ3) is 4.38. The van der Waals surface area contributed by atoms with Gasteiger partial charge in [-0.25, -0.2) is 9.37 Å². The molecule has 182 valence electrons. The molecule has 0 aliphatic carbocycles. The summed E-state index contributed by atoms with van der Waals surface area (Å²) in [4.78, 5) is 18.8. The summed E-state index contributed by atoms with van der Waals surface area (Å²) in [5.74, 6) is 0.0938. The first-order chi connectivity index (χ1) is 17.3. The zero-order valence-electron chi connectivity index (χ0n) is 19.8. The van der Waals surface area contributed by atoms with Gasteiger partial charge in [0.15, 0.2) is 6.04 Å². The van der Waals surface area contributed by atoms with Crippen LogP contribution in [-0.2, 0) is 0 Å². The number of nitrogens with two attached hydrogens (primary N) is 1. The van der Waals surface area contributed by atoms with Crippen LogP contribution in [0.15, 0.2) is 65.3 Å². The minimum Gasteiger partial charge on any atom is -0.497 e. The first kappa shape index (κ1) is 23.4. The fraction of sp³-hybridized carbons (Fsp3) is 0.154. The minimum absolute atomic E-state index is 0.0724. The Morgan fingerprint density at radius 3 is 2.61 bits per heavy atom. The average Bonchev–Trinajstić information content (AvgIpc) is 3.48. The molecule has 0 fully saturated rings. The molecule has 0 saturated heterocycles. The van der Waals surface area contributed by atoms with Gasteiger partial charge in [-0.05, 0) is 72.1 Å². The van der Waals surface area contributed by atoms with E-state index in [2.05, 4.69) is 10.6 Å². The monoisotopic (exact) mass is 504 g/mol. The lowest BCUT2D eigenvalue weighted by Crippen LogP contribution is -2.36. The molecule has 5 rings (SSSR count). The van der Waals surface area contributed by atoms with Gasteiger partial charge in [0.25, 0.3) is 12.1 Å². The Bertz CT molecular complexity index is 1580. The predicted octanol–water partition coefficient (Wildman–Crippen LogP) is 5.47. The zero-order chi connectivity index (χ0) is 25.4. The van der Waals surface area contributed by atoms with Crippen LogP contribution >= 0.6 is 11.3 Å². The average molecular weight is 505 g/mol. The molecule has 0 spiro atoms. The quantitative estimate of drug-likeness (QED) is 0.297. The molecule has 0 atom stereocenters. The van der Waals surface area contributed by atoms with Gasteiger partial charge in [0, 0.05) is 10.9 Å². The van der Waals surface area contributed by atoms with Crippen LogP contribution in [0.4, 0.5) is 16.0 Å². The van der Waals surface area contributed by atoms with E-state index in [4.69, 9.17) is 20.0 Å². The highest BCUT2D eigenvalue weighted by Crippen LogP contribution is 2.41. The summed E-state index contributed by atoms with van der Waals surface area (Å²) in [6.45, 7) is 3.89. The van der Waals surface area contributed by atoms with Crippen LogP contribution in [-0.4, -0.2) is 23.3 Å². The van der Waals surface area contributed by atoms with Crippen molar-refractivity contribution in [1.82, 2.24) is 10.3 Å². The molecule has 0 unspecified atom stereocenters. The van der Waals surface area contributed by atoms with Gasteiger partial charge in [-0.2, -0.15) is 0 Å². The lowest BCUT2D eigenvalue weighted by Gasteiger charge is -2.09. The number of nitrogens with one attached hydrogen (secondary N) is 1. The van der Waals surface area contributed by atoms with E-state index < -0.39 is 5.91 Å². The Balaban J connectivity index is 1.63. The topological polar surface area (TPSA) is 107 Å². The lowest BCUT2D eigenvalue weighted by atomic mass is 9.99. The molecule has 0 bridgehead atoms. The second-order valence-electron chi connectivity index (χ2n) is 8.41. The molecule has 1 amide bonds. The minimum atomic E-state index is -0.446. The largest absolute Gasteiger partial charge is 0.497 e. The Hall–Kier alpha value is -4.31. The molecule has 0 saturated carbocycles. The summed E-state index contributed by atoms with van der Waals surface area (Å²) in [6.07, 6.45) is 1.60. The molecule has 0 radical (unpaired) electrons.